The Morgan fingerprint density at radius 3 is 2.45 bits per heavy atom. The zero-order valence-corrected chi connectivity index (χ0v) is 17.8. The largest absolute Gasteiger partial charge is 0.458 e. The topological polar surface area (TPSA) is 72.9 Å². The molecule has 3 aromatic carbocycles. The summed E-state index contributed by atoms with van der Waals surface area (Å²) in [6, 6.07) is 20.3. The van der Waals surface area contributed by atoms with Crippen LogP contribution in [-0.2, 0) is 30.9 Å². The number of rotatable bonds is 6. The summed E-state index contributed by atoms with van der Waals surface area (Å²) in [5.74, 6) is -0.460. The van der Waals surface area contributed by atoms with E-state index in [1.165, 1.54) is 10.4 Å². The van der Waals surface area contributed by atoms with E-state index >= 15 is 0 Å². The molecule has 0 radical (unpaired) electrons. The van der Waals surface area contributed by atoms with E-state index in [0.717, 1.165) is 16.3 Å². The number of ether oxygens (including phenoxy) is 2. The molecule has 1 heterocycles. The summed E-state index contributed by atoms with van der Waals surface area (Å²) in [6.07, 6.45) is 2.95. The maximum atomic E-state index is 12.7. The van der Waals surface area contributed by atoms with Crippen molar-refractivity contribution in [3.63, 3.8) is 0 Å². The quantitative estimate of drug-likeness (QED) is 0.435. The number of hydrogen-bond acceptors (Lipinski definition) is 5. The lowest BCUT2D eigenvalue weighted by atomic mass is 10.1. The van der Waals surface area contributed by atoms with Crippen molar-refractivity contribution in [3.05, 3.63) is 83.9 Å². The Labute approximate surface area is 181 Å². The normalized spacial score (nSPS) is 15.4. The Kier molecular flexibility index (Phi) is 6.46. The maximum absolute atomic E-state index is 12.7. The molecule has 0 atom stereocenters. The van der Waals surface area contributed by atoms with Gasteiger partial charge in [0.15, 0.2) is 0 Å². The van der Waals surface area contributed by atoms with Gasteiger partial charge in [-0.15, -0.1) is 0 Å². The summed E-state index contributed by atoms with van der Waals surface area (Å²) in [6.45, 7) is 1.70. The van der Waals surface area contributed by atoms with Gasteiger partial charge in [-0.2, -0.15) is 4.31 Å². The molecule has 7 heteroatoms. The summed E-state index contributed by atoms with van der Waals surface area (Å²) < 4.78 is 37.3. The summed E-state index contributed by atoms with van der Waals surface area (Å²) in [5, 5.41) is 2.15. The molecule has 0 bridgehead atoms. The Morgan fingerprint density at radius 2 is 1.68 bits per heavy atom. The van der Waals surface area contributed by atoms with Crippen molar-refractivity contribution in [2.24, 2.45) is 0 Å². The first-order chi connectivity index (χ1) is 15.0. The Hall–Kier alpha value is -3.00. The van der Waals surface area contributed by atoms with Crippen LogP contribution in [0.1, 0.15) is 11.1 Å². The second kappa shape index (κ2) is 9.43. The number of hydrogen-bond donors (Lipinski definition) is 0. The van der Waals surface area contributed by atoms with Crippen molar-refractivity contribution in [3.8, 4) is 0 Å². The number of esters is 1. The highest BCUT2D eigenvalue weighted by Gasteiger charge is 2.25. The van der Waals surface area contributed by atoms with Gasteiger partial charge in [0.2, 0.25) is 10.0 Å². The van der Waals surface area contributed by atoms with Gasteiger partial charge in [-0.25, -0.2) is 13.2 Å². The summed E-state index contributed by atoms with van der Waals surface area (Å²) in [5.41, 5.74) is 1.65. The second-order valence-corrected chi connectivity index (χ2v) is 9.10. The number of carbonyl (C=O) groups is 1. The van der Waals surface area contributed by atoms with Crippen LogP contribution in [0.3, 0.4) is 0 Å². The zero-order chi connectivity index (χ0) is 21.7. The van der Waals surface area contributed by atoms with E-state index in [0.29, 0.717) is 31.9 Å². The molecular formula is C24H23NO5S. The lowest BCUT2D eigenvalue weighted by Gasteiger charge is -2.26. The van der Waals surface area contributed by atoms with Crippen LogP contribution >= 0.6 is 0 Å². The van der Waals surface area contributed by atoms with Gasteiger partial charge in [0, 0.05) is 19.2 Å². The van der Waals surface area contributed by atoms with E-state index in [9.17, 15) is 13.2 Å². The predicted octanol–water partition coefficient (Wildman–Crippen LogP) is 3.62. The fourth-order valence-corrected chi connectivity index (χ4v) is 4.87. The van der Waals surface area contributed by atoms with Crippen LogP contribution in [-0.4, -0.2) is 45.0 Å². The Bertz CT molecular complexity index is 1190. The molecule has 4 rings (SSSR count). The van der Waals surface area contributed by atoms with Crippen LogP contribution < -0.4 is 0 Å². The zero-order valence-electron chi connectivity index (χ0n) is 16.9. The van der Waals surface area contributed by atoms with E-state index in [4.69, 9.17) is 9.47 Å². The summed E-state index contributed by atoms with van der Waals surface area (Å²) in [7, 11) is -3.53. The number of morpholine rings is 1. The van der Waals surface area contributed by atoms with Crippen molar-refractivity contribution in [1.29, 1.82) is 0 Å². The monoisotopic (exact) mass is 437 g/mol. The number of fused-ring (bicyclic) bond motifs is 1. The fraction of sp³-hybridized carbons (Fsp3) is 0.208. The average Bonchev–Trinajstić information content (AvgIpc) is 2.82. The first-order valence-corrected chi connectivity index (χ1v) is 11.5. The highest BCUT2D eigenvalue weighted by molar-refractivity contribution is 7.89. The van der Waals surface area contributed by atoms with Gasteiger partial charge in [-0.05, 0) is 40.1 Å². The first kappa shape index (κ1) is 21.2. The van der Waals surface area contributed by atoms with E-state index in [-0.39, 0.29) is 11.5 Å². The number of nitrogens with zero attached hydrogens (tertiary/aromatic N) is 1. The van der Waals surface area contributed by atoms with Crippen LogP contribution in [0.15, 0.2) is 77.7 Å². The minimum absolute atomic E-state index is 0.182. The lowest BCUT2D eigenvalue weighted by Crippen LogP contribution is -2.40. The first-order valence-electron chi connectivity index (χ1n) is 10.0. The van der Waals surface area contributed by atoms with Crippen molar-refractivity contribution in [2.45, 2.75) is 11.5 Å². The highest BCUT2D eigenvalue weighted by Crippen LogP contribution is 2.20. The minimum atomic E-state index is -3.53. The van der Waals surface area contributed by atoms with Crippen LogP contribution in [0.5, 0.6) is 0 Å². The van der Waals surface area contributed by atoms with Crippen LogP contribution in [0.4, 0.5) is 0 Å². The number of sulfonamides is 1. The molecule has 0 amide bonds. The van der Waals surface area contributed by atoms with Crippen LogP contribution in [0.25, 0.3) is 16.8 Å². The number of carbonyl (C=O) groups excluding carboxylic acids is 1. The number of benzene rings is 3. The smallest absolute Gasteiger partial charge is 0.331 e. The minimum Gasteiger partial charge on any atom is -0.458 e. The molecule has 1 aliphatic heterocycles. The summed E-state index contributed by atoms with van der Waals surface area (Å²) in [4.78, 5) is 12.4. The predicted molar refractivity (Wildman–Crippen MR) is 119 cm³/mol. The molecule has 31 heavy (non-hydrogen) atoms. The van der Waals surface area contributed by atoms with Crippen molar-refractivity contribution >= 4 is 32.8 Å². The molecule has 0 saturated carbocycles. The van der Waals surface area contributed by atoms with Gasteiger partial charge >= 0.3 is 5.97 Å². The van der Waals surface area contributed by atoms with Gasteiger partial charge in [-0.1, -0.05) is 54.6 Å². The molecule has 0 aliphatic carbocycles. The maximum Gasteiger partial charge on any atom is 0.331 e. The summed E-state index contributed by atoms with van der Waals surface area (Å²) >= 11 is 0. The van der Waals surface area contributed by atoms with E-state index < -0.39 is 16.0 Å². The Morgan fingerprint density at radius 1 is 0.968 bits per heavy atom. The van der Waals surface area contributed by atoms with Crippen LogP contribution in [0.2, 0.25) is 0 Å². The SMILES string of the molecule is O=C(/C=C/c1ccc(S(=O)(=O)N2CCOCC2)cc1)OCc1cccc2ccccc12. The molecular weight excluding hydrogens is 414 g/mol. The van der Waals surface area contributed by atoms with E-state index in [1.807, 2.05) is 42.5 Å². The Balaban J connectivity index is 1.37. The van der Waals surface area contributed by atoms with Gasteiger partial charge < -0.3 is 9.47 Å². The van der Waals surface area contributed by atoms with Crippen molar-refractivity contribution in [2.75, 3.05) is 26.3 Å². The highest BCUT2D eigenvalue weighted by atomic mass is 32.2. The van der Waals surface area contributed by atoms with Gasteiger partial charge in [-0.3, -0.25) is 0 Å². The molecule has 6 nitrogen and oxygen atoms in total. The second-order valence-electron chi connectivity index (χ2n) is 7.16. The molecule has 160 valence electrons. The average molecular weight is 438 g/mol. The molecule has 0 aromatic heterocycles. The fourth-order valence-electron chi connectivity index (χ4n) is 3.47. The third kappa shape index (κ3) is 5.02. The van der Waals surface area contributed by atoms with Gasteiger partial charge in [0.05, 0.1) is 18.1 Å². The van der Waals surface area contributed by atoms with Crippen molar-refractivity contribution in [1.82, 2.24) is 4.31 Å². The molecule has 0 N–H and O–H groups in total. The van der Waals surface area contributed by atoms with E-state index in [2.05, 4.69) is 0 Å². The lowest BCUT2D eigenvalue weighted by molar-refractivity contribution is -0.138. The van der Waals surface area contributed by atoms with Gasteiger partial charge in [0.25, 0.3) is 0 Å². The molecule has 1 aliphatic rings. The van der Waals surface area contributed by atoms with E-state index in [1.54, 1.807) is 30.3 Å². The molecule has 0 spiro atoms. The molecule has 1 saturated heterocycles. The van der Waals surface area contributed by atoms with Crippen LogP contribution in [0, 0.1) is 0 Å². The van der Waals surface area contributed by atoms with Crippen molar-refractivity contribution < 1.29 is 22.7 Å². The molecule has 3 aromatic rings. The third-order valence-corrected chi connectivity index (χ3v) is 7.06. The molecule has 1 fully saturated rings. The standard InChI is InChI=1S/C24H23NO5S/c26-24(30-18-21-6-3-5-20-4-1-2-7-23(20)21)13-10-19-8-11-22(12-9-19)31(27,28)25-14-16-29-17-15-25/h1-13H,14-18H2/b13-10+. The third-order valence-electron chi connectivity index (χ3n) is 5.15. The van der Waals surface area contributed by atoms with Gasteiger partial charge in [0.1, 0.15) is 6.61 Å². The molecule has 0 unspecified atom stereocenters.